The Bertz CT molecular complexity index is 443. The van der Waals surface area contributed by atoms with Gasteiger partial charge in [-0.15, -0.1) is 0 Å². The Morgan fingerprint density at radius 3 is 2.87 bits per heavy atom. The summed E-state index contributed by atoms with van der Waals surface area (Å²) in [4.78, 5) is 0. The van der Waals surface area contributed by atoms with Crippen molar-refractivity contribution in [2.45, 2.75) is 11.8 Å². The van der Waals surface area contributed by atoms with Gasteiger partial charge in [-0.25, -0.2) is 4.39 Å². The Balaban J connectivity index is 2.43. The second kappa shape index (κ2) is 3.48. The van der Waals surface area contributed by atoms with Crippen LogP contribution in [0.3, 0.4) is 0 Å². The normalized spacial score (nSPS) is 28.5. The molecule has 1 N–H and O–H groups in total. The van der Waals surface area contributed by atoms with Gasteiger partial charge in [0.15, 0.2) is 0 Å². The van der Waals surface area contributed by atoms with E-state index in [0.717, 1.165) is 0 Å². The predicted molar refractivity (Wildman–Crippen MR) is 53.9 cm³/mol. The van der Waals surface area contributed by atoms with Gasteiger partial charge in [0, 0.05) is 17.5 Å². The molecule has 2 nitrogen and oxygen atoms in total. The molecule has 0 radical (unpaired) electrons. The van der Waals surface area contributed by atoms with E-state index in [9.17, 15) is 4.39 Å². The summed E-state index contributed by atoms with van der Waals surface area (Å²) >= 11 is 5.88. The summed E-state index contributed by atoms with van der Waals surface area (Å²) in [5, 5.41) is 18.4. The van der Waals surface area contributed by atoms with Crippen LogP contribution in [0.1, 0.15) is 12.0 Å². The van der Waals surface area contributed by atoms with Crippen molar-refractivity contribution >= 4 is 11.6 Å². The third-order valence-electron chi connectivity index (χ3n) is 2.94. The maximum atomic E-state index is 12.8. The first kappa shape index (κ1) is 10.4. The van der Waals surface area contributed by atoms with Crippen LogP contribution in [0.2, 0.25) is 5.02 Å². The van der Waals surface area contributed by atoms with E-state index in [-0.39, 0.29) is 17.5 Å². The van der Waals surface area contributed by atoms with Crippen molar-refractivity contribution in [1.29, 1.82) is 5.26 Å². The first-order chi connectivity index (χ1) is 7.14. The number of nitriles is 1. The predicted octanol–water partition coefficient (Wildman–Crippen LogP) is 2.25. The lowest BCUT2D eigenvalue weighted by Crippen LogP contribution is -2.10. The van der Waals surface area contributed by atoms with Crippen LogP contribution in [0.5, 0.6) is 0 Å². The maximum Gasteiger partial charge on any atom is 0.124 e. The van der Waals surface area contributed by atoms with Gasteiger partial charge < -0.3 is 5.11 Å². The highest BCUT2D eigenvalue weighted by Gasteiger charge is 2.56. The Morgan fingerprint density at radius 1 is 1.67 bits per heavy atom. The molecule has 0 aliphatic heterocycles. The maximum absolute atomic E-state index is 12.8. The Kier molecular flexibility index (Phi) is 2.41. The zero-order valence-corrected chi connectivity index (χ0v) is 8.63. The summed E-state index contributed by atoms with van der Waals surface area (Å²) in [6, 6.07) is 6.17. The third-order valence-corrected chi connectivity index (χ3v) is 3.25. The topological polar surface area (TPSA) is 44.0 Å². The molecule has 0 saturated heterocycles. The van der Waals surface area contributed by atoms with Gasteiger partial charge in [0.2, 0.25) is 0 Å². The molecular formula is C11H9ClFNO. The summed E-state index contributed by atoms with van der Waals surface area (Å²) in [5.41, 5.74) is -0.0911. The van der Waals surface area contributed by atoms with E-state index in [1.54, 1.807) is 0 Å². The van der Waals surface area contributed by atoms with E-state index in [2.05, 4.69) is 6.07 Å². The number of aliphatic hydroxyl groups excluding tert-OH is 1. The highest BCUT2D eigenvalue weighted by Crippen LogP contribution is 2.55. The molecule has 15 heavy (non-hydrogen) atoms. The first-order valence-corrected chi connectivity index (χ1v) is 4.99. The fourth-order valence-electron chi connectivity index (χ4n) is 1.93. The molecule has 1 aromatic carbocycles. The lowest BCUT2D eigenvalue weighted by Gasteiger charge is -2.10. The summed E-state index contributed by atoms with van der Waals surface area (Å²) in [6.45, 7) is -0.0404. The number of benzene rings is 1. The minimum atomic E-state index is -0.709. The van der Waals surface area contributed by atoms with Crippen LogP contribution in [0.15, 0.2) is 18.2 Å². The highest BCUT2D eigenvalue weighted by molar-refractivity contribution is 6.31. The minimum absolute atomic E-state index is 0.0404. The van der Waals surface area contributed by atoms with Crippen molar-refractivity contribution in [2.24, 2.45) is 5.92 Å². The van der Waals surface area contributed by atoms with Crippen LogP contribution in [0.25, 0.3) is 0 Å². The van der Waals surface area contributed by atoms with Gasteiger partial charge in [-0.2, -0.15) is 5.26 Å². The molecule has 0 heterocycles. The average molecular weight is 226 g/mol. The minimum Gasteiger partial charge on any atom is -0.396 e. The van der Waals surface area contributed by atoms with Gasteiger partial charge >= 0.3 is 0 Å². The molecule has 2 rings (SSSR count). The van der Waals surface area contributed by atoms with Gasteiger partial charge in [0.1, 0.15) is 5.82 Å². The van der Waals surface area contributed by atoms with Crippen molar-refractivity contribution in [3.05, 3.63) is 34.6 Å². The van der Waals surface area contributed by atoms with Crippen LogP contribution < -0.4 is 0 Å². The lowest BCUT2D eigenvalue weighted by atomic mass is 9.95. The summed E-state index contributed by atoms with van der Waals surface area (Å²) in [6.07, 6.45) is 0.589. The summed E-state index contributed by atoms with van der Waals surface area (Å²) in [7, 11) is 0. The van der Waals surface area contributed by atoms with Gasteiger partial charge in [-0.1, -0.05) is 17.7 Å². The summed E-state index contributed by atoms with van der Waals surface area (Å²) in [5.74, 6) is -0.497. The molecule has 0 amide bonds. The summed E-state index contributed by atoms with van der Waals surface area (Å²) < 4.78 is 12.8. The molecule has 1 aliphatic carbocycles. The molecule has 0 aromatic heterocycles. The van der Waals surface area contributed by atoms with Crippen molar-refractivity contribution < 1.29 is 9.50 Å². The molecule has 1 unspecified atom stereocenters. The van der Waals surface area contributed by atoms with Crippen molar-refractivity contribution in [3.63, 3.8) is 0 Å². The first-order valence-electron chi connectivity index (χ1n) is 4.61. The average Bonchev–Trinajstić information content (AvgIpc) is 2.93. The highest BCUT2D eigenvalue weighted by atomic mass is 35.5. The molecule has 0 bridgehead atoms. The SMILES string of the molecule is N#C[C@@]1(c2ccc(F)cc2Cl)CC1CO. The lowest BCUT2D eigenvalue weighted by molar-refractivity contribution is 0.269. The van der Waals surface area contributed by atoms with Gasteiger partial charge in [-0.05, 0) is 24.1 Å². The fourth-order valence-corrected chi connectivity index (χ4v) is 2.26. The largest absolute Gasteiger partial charge is 0.396 e. The quantitative estimate of drug-likeness (QED) is 0.839. The van der Waals surface area contributed by atoms with E-state index in [0.29, 0.717) is 12.0 Å². The van der Waals surface area contributed by atoms with E-state index in [1.807, 2.05) is 0 Å². The zero-order chi connectivity index (χ0) is 11.1. The van der Waals surface area contributed by atoms with E-state index in [4.69, 9.17) is 22.0 Å². The van der Waals surface area contributed by atoms with Crippen LogP contribution in [-0.4, -0.2) is 11.7 Å². The zero-order valence-electron chi connectivity index (χ0n) is 7.87. The smallest absolute Gasteiger partial charge is 0.124 e. The fraction of sp³-hybridized carbons (Fsp3) is 0.364. The van der Waals surface area contributed by atoms with Crippen LogP contribution >= 0.6 is 11.6 Å². The number of aliphatic hydroxyl groups is 1. The van der Waals surface area contributed by atoms with Gasteiger partial charge in [-0.3, -0.25) is 0 Å². The molecule has 2 atom stereocenters. The molecule has 1 aromatic rings. The van der Waals surface area contributed by atoms with Gasteiger partial charge in [0.05, 0.1) is 11.5 Å². The number of halogens is 2. The second-order valence-corrected chi connectivity index (χ2v) is 4.20. The van der Waals surface area contributed by atoms with Crippen molar-refractivity contribution in [1.82, 2.24) is 0 Å². The Labute approximate surface area is 91.9 Å². The van der Waals surface area contributed by atoms with Crippen LogP contribution in [-0.2, 0) is 5.41 Å². The molecule has 1 fully saturated rings. The number of hydrogen-bond donors (Lipinski definition) is 1. The second-order valence-electron chi connectivity index (χ2n) is 3.79. The third kappa shape index (κ3) is 1.50. The molecule has 4 heteroatoms. The molecule has 0 spiro atoms. The van der Waals surface area contributed by atoms with E-state index < -0.39 is 11.2 Å². The monoisotopic (exact) mass is 225 g/mol. The Morgan fingerprint density at radius 2 is 2.40 bits per heavy atom. The molecule has 78 valence electrons. The standard InChI is InChI=1S/C11H9ClFNO/c12-10-3-8(13)1-2-9(10)11(6-14)4-7(11)5-15/h1-3,7,15H,4-5H2/t7?,11-/m0/s1. The number of hydrogen-bond acceptors (Lipinski definition) is 2. The molecule has 1 aliphatic rings. The van der Waals surface area contributed by atoms with Gasteiger partial charge in [0.25, 0.3) is 0 Å². The van der Waals surface area contributed by atoms with Crippen LogP contribution in [0, 0.1) is 23.1 Å². The number of rotatable bonds is 2. The molecule has 1 saturated carbocycles. The van der Waals surface area contributed by atoms with Crippen LogP contribution in [0.4, 0.5) is 4.39 Å². The van der Waals surface area contributed by atoms with E-state index >= 15 is 0 Å². The Hall–Kier alpha value is -1.11. The van der Waals surface area contributed by atoms with E-state index in [1.165, 1.54) is 18.2 Å². The number of nitrogens with zero attached hydrogens (tertiary/aromatic N) is 1. The van der Waals surface area contributed by atoms with Crippen molar-refractivity contribution in [2.75, 3.05) is 6.61 Å². The van der Waals surface area contributed by atoms with Crippen molar-refractivity contribution in [3.8, 4) is 6.07 Å². The molecular weight excluding hydrogens is 217 g/mol.